The molecule has 1 N–H and O–H groups in total. The van der Waals surface area contributed by atoms with Crippen molar-refractivity contribution in [3.63, 3.8) is 0 Å². The summed E-state index contributed by atoms with van der Waals surface area (Å²) in [6, 6.07) is 5.22. The number of hydrogen-bond donors (Lipinski definition) is 1. The summed E-state index contributed by atoms with van der Waals surface area (Å²) in [4.78, 5) is 36.7. The number of carbonyl (C=O) groups is 2. The maximum atomic E-state index is 13.2. The molecule has 11 heteroatoms. The summed E-state index contributed by atoms with van der Waals surface area (Å²) in [5.74, 6) is -0.994. The first-order chi connectivity index (χ1) is 23.0. The fourth-order valence-corrected chi connectivity index (χ4v) is 6.46. The smallest absolute Gasteiger partial charge is 0.338 e. The Bertz CT molecular complexity index is 1450. The van der Waals surface area contributed by atoms with Crippen molar-refractivity contribution < 1.29 is 43.3 Å². The van der Waals surface area contributed by atoms with Gasteiger partial charge in [-0.05, 0) is 57.1 Å². The first kappa shape index (κ1) is 35.4. The molecule has 0 spiro atoms. The summed E-state index contributed by atoms with van der Waals surface area (Å²) < 4.78 is 29.8. The van der Waals surface area contributed by atoms with Crippen LogP contribution in [0.25, 0.3) is 0 Å². The van der Waals surface area contributed by atoms with Crippen molar-refractivity contribution in [1.82, 2.24) is 0 Å². The number of non-ortho nitro benzene ring substituents is 1. The highest BCUT2D eigenvalue weighted by molar-refractivity contribution is 5.89. The van der Waals surface area contributed by atoms with Gasteiger partial charge in [-0.2, -0.15) is 0 Å². The van der Waals surface area contributed by atoms with E-state index in [4.69, 9.17) is 23.7 Å². The van der Waals surface area contributed by atoms with Gasteiger partial charge in [-0.15, -0.1) is 0 Å². The molecule has 4 heterocycles. The van der Waals surface area contributed by atoms with Crippen molar-refractivity contribution in [1.29, 1.82) is 0 Å². The molecule has 9 unspecified atom stereocenters. The molecule has 4 aliphatic rings. The number of ether oxygens (including phenoxy) is 5. The first-order valence-corrected chi connectivity index (χ1v) is 16.6. The number of nitro groups is 1. The van der Waals surface area contributed by atoms with Gasteiger partial charge in [-0.25, -0.2) is 9.59 Å². The molecule has 9 atom stereocenters. The zero-order chi connectivity index (χ0) is 34.2. The van der Waals surface area contributed by atoms with Crippen LogP contribution in [-0.2, 0) is 28.5 Å². The minimum absolute atomic E-state index is 0.0210. The van der Waals surface area contributed by atoms with E-state index in [2.05, 4.69) is 19.6 Å². The Balaban J connectivity index is 1.35. The van der Waals surface area contributed by atoms with Crippen molar-refractivity contribution >= 4 is 17.6 Å². The molecule has 0 saturated carbocycles. The second kappa shape index (κ2) is 16.5. The van der Waals surface area contributed by atoms with Crippen molar-refractivity contribution in [2.24, 2.45) is 5.92 Å². The lowest BCUT2D eigenvalue weighted by Crippen LogP contribution is -2.33. The third-order valence-corrected chi connectivity index (χ3v) is 8.99. The summed E-state index contributed by atoms with van der Waals surface area (Å²) in [7, 11) is 0. The summed E-state index contributed by atoms with van der Waals surface area (Å²) >= 11 is 0. The minimum Gasteiger partial charge on any atom is -0.456 e. The monoisotopic (exact) mass is 663 g/mol. The fourth-order valence-electron chi connectivity index (χ4n) is 6.46. The average Bonchev–Trinajstić information content (AvgIpc) is 3.82. The molecular formula is C37H45NO10. The van der Waals surface area contributed by atoms with E-state index >= 15 is 0 Å². The van der Waals surface area contributed by atoms with Gasteiger partial charge in [0, 0.05) is 31.1 Å². The van der Waals surface area contributed by atoms with E-state index in [1.165, 1.54) is 35.9 Å². The molecule has 1 aromatic carbocycles. The van der Waals surface area contributed by atoms with Crippen molar-refractivity contribution in [3.05, 3.63) is 100 Å². The van der Waals surface area contributed by atoms with Gasteiger partial charge in [0.25, 0.3) is 5.69 Å². The molecule has 11 nitrogen and oxygen atoms in total. The molecule has 1 saturated heterocycles. The highest BCUT2D eigenvalue weighted by Gasteiger charge is 2.49. The Morgan fingerprint density at radius 2 is 1.92 bits per heavy atom. The van der Waals surface area contributed by atoms with E-state index in [1.807, 2.05) is 19.1 Å². The number of fused-ring (bicyclic) bond motifs is 3. The maximum absolute atomic E-state index is 13.2. The van der Waals surface area contributed by atoms with Gasteiger partial charge in [0.1, 0.15) is 24.4 Å². The molecule has 1 aromatic rings. The molecule has 5 rings (SSSR count). The van der Waals surface area contributed by atoms with Gasteiger partial charge >= 0.3 is 11.9 Å². The predicted molar refractivity (Wildman–Crippen MR) is 177 cm³/mol. The zero-order valence-electron chi connectivity index (χ0n) is 27.5. The normalized spacial score (nSPS) is 32.9. The summed E-state index contributed by atoms with van der Waals surface area (Å²) in [6.07, 6.45) is 12.4. The van der Waals surface area contributed by atoms with Crippen LogP contribution in [0.1, 0.15) is 69.2 Å². The molecule has 0 radical (unpaired) electrons. The average molecular weight is 664 g/mol. The highest BCUT2D eigenvalue weighted by atomic mass is 16.6. The van der Waals surface area contributed by atoms with Gasteiger partial charge in [0.2, 0.25) is 0 Å². The number of rotatable bonds is 6. The van der Waals surface area contributed by atoms with Crippen LogP contribution in [0.3, 0.4) is 0 Å². The van der Waals surface area contributed by atoms with Crippen LogP contribution in [-0.4, -0.2) is 77.4 Å². The number of nitrogens with zero attached hydrogens (tertiary/aromatic N) is 1. The number of carbonyl (C=O) groups excluding carboxylic acids is 2. The van der Waals surface area contributed by atoms with Gasteiger partial charge in [-0.1, -0.05) is 61.1 Å². The van der Waals surface area contributed by atoms with E-state index in [-0.39, 0.29) is 41.9 Å². The van der Waals surface area contributed by atoms with Crippen LogP contribution in [0.2, 0.25) is 0 Å². The van der Waals surface area contributed by atoms with E-state index in [0.29, 0.717) is 32.3 Å². The summed E-state index contributed by atoms with van der Waals surface area (Å²) in [6.45, 7) is 8.95. The van der Waals surface area contributed by atoms with Crippen LogP contribution in [0.15, 0.2) is 84.5 Å². The second-order valence-electron chi connectivity index (χ2n) is 13.2. The Kier molecular flexibility index (Phi) is 12.2. The number of esters is 2. The van der Waals surface area contributed by atoms with Crippen LogP contribution in [0.4, 0.5) is 5.69 Å². The van der Waals surface area contributed by atoms with Gasteiger partial charge in [0.05, 0.1) is 41.5 Å². The third-order valence-electron chi connectivity index (χ3n) is 8.99. The lowest BCUT2D eigenvalue weighted by molar-refractivity contribution is -0.384. The molecule has 0 aliphatic carbocycles. The molecule has 48 heavy (non-hydrogen) atoms. The quantitative estimate of drug-likeness (QED) is 0.129. The number of benzene rings is 1. The lowest BCUT2D eigenvalue weighted by atomic mass is 9.90. The number of aliphatic hydroxyl groups is 1. The van der Waals surface area contributed by atoms with Crippen molar-refractivity contribution in [2.45, 2.75) is 108 Å². The van der Waals surface area contributed by atoms with E-state index in [1.54, 1.807) is 18.2 Å². The zero-order valence-corrected chi connectivity index (χ0v) is 27.5. The number of aliphatic hydroxyl groups excluding tert-OH is 1. The predicted octanol–water partition coefficient (Wildman–Crippen LogP) is 5.88. The molecule has 2 bridgehead atoms. The Hall–Kier alpha value is -3.90. The Morgan fingerprint density at radius 3 is 2.67 bits per heavy atom. The Morgan fingerprint density at radius 1 is 1.12 bits per heavy atom. The molecule has 258 valence electrons. The number of epoxide rings is 1. The van der Waals surface area contributed by atoms with E-state index in [9.17, 15) is 24.8 Å². The summed E-state index contributed by atoms with van der Waals surface area (Å²) in [5.41, 5.74) is 2.11. The van der Waals surface area contributed by atoms with Gasteiger partial charge in [-0.3, -0.25) is 10.1 Å². The number of cyclic esters (lactones) is 1. The SMILES string of the molecule is C=C1CC(C)CC2CC=CC(C/C=C\C(=O)OC(C(O)/C=C/C3CC(C)=CCO3)CC3OC3C(OC(=O)c3ccc([N+](=O)[O-])cc3)C1)O2. The topological polar surface area (TPSA) is 147 Å². The largest absolute Gasteiger partial charge is 0.456 e. The van der Waals surface area contributed by atoms with Crippen LogP contribution >= 0.6 is 0 Å². The van der Waals surface area contributed by atoms with Crippen LogP contribution in [0, 0.1) is 16.0 Å². The number of nitro benzene ring substituents is 1. The maximum Gasteiger partial charge on any atom is 0.338 e. The Labute approximate surface area is 281 Å². The molecule has 0 aromatic heterocycles. The lowest BCUT2D eigenvalue weighted by Gasteiger charge is -2.28. The second-order valence-corrected chi connectivity index (χ2v) is 13.2. The third kappa shape index (κ3) is 10.3. The molecule has 0 amide bonds. The van der Waals surface area contributed by atoms with Gasteiger partial charge < -0.3 is 28.8 Å². The molecule has 4 aliphatic heterocycles. The standard InChI is InChI=1S/C37H45NO10/c1-23-16-17-44-29(19-23)14-15-31(39)32-22-34-36(47-34)33(48-37(41)26-10-12-27(13-11-26)38(42)43)21-25(3)18-24(2)20-30-8-4-6-28(45-30)7-5-9-35(40)46-32/h4-6,9-16,24,28-34,36,39H,3,7-8,17-22H2,1-2H3/b9-5-,15-14+. The molecular weight excluding hydrogens is 618 g/mol. The minimum atomic E-state index is -1.14. The number of hydrogen-bond acceptors (Lipinski definition) is 10. The van der Waals surface area contributed by atoms with E-state index < -0.39 is 47.4 Å². The first-order valence-electron chi connectivity index (χ1n) is 16.6. The van der Waals surface area contributed by atoms with Crippen molar-refractivity contribution in [3.8, 4) is 0 Å². The molecule has 1 fully saturated rings. The van der Waals surface area contributed by atoms with Gasteiger partial charge in [0.15, 0.2) is 0 Å². The highest BCUT2D eigenvalue weighted by Crippen LogP contribution is 2.37. The van der Waals surface area contributed by atoms with E-state index in [0.717, 1.165) is 18.4 Å². The van der Waals surface area contributed by atoms with Crippen molar-refractivity contribution in [2.75, 3.05) is 6.61 Å². The fraction of sp³-hybridized carbons (Fsp3) is 0.514. The summed E-state index contributed by atoms with van der Waals surface area (Å²) in [5, 5.41) is 22.3. The van der Waals surface area contributed by atoms with Crippen LogP contribution in [0.5, 0.6) is 0 Å². The van der Waals surface area contributed by atoms with Crippen LogP contribution < -0.4 is 0 Å².